The zero-order chi connectivity index (χ0) is 13.4. The highest BCUT2D eigenvalue weighted by molar-refractivity contribution is 5.76. The molecule has 1 amide bonds. The largest absolute Gasteiger partial charge is 0.390 e. The van der Waals surface area contributed by atoms with Crippen molar-refractivity contribution in [1.82, 2.24) is 10.2 Å². The van der Waals surface area contributed by atoms with Crippen molar-refractivity contribution in [1.29, 1.82) is 0 Å². The third-order valence-electron chi connectivity index (χ3n) is 2.73. The van der Waals surface area contributed by atoms with E-state index in [1.165, 1.54) is 0 Å². The van der Waals surface area contributed by atoms with Crippen LogP contribution in [-0.4, -0.2) is 48.2 Å². The highest BCUT2D eigenvalue weighted by atomic mass is 16.3. The number of carbonyl (C=O) groups excluding carboxylic acids is 1. The Morgan fingerprint density at radius 1 is 1.47 bits per heavy atom. The summed E-state index contributed by atoms with van der Waals surface area (Å²) in [7, 11) is 1.98. The molecular formula is C13H28N2O2. The van der Waals surface area contributed by atoms with Crippen LogP contribution >= 0.6 is 0 Å². The van der Waals surface area contributed by atoms with Gasteiger partial charge in [-0.15, -0.1) is 0 Å². The Labute approximate surface area is 105 Å². The number of nitrogens with one attached hydrogen (secondary N) is 1. The Balaban J connectivity index is 0.00000121. The molecule has 0 bridgehead atoms. The number of hydrogen-bond acceptors (Lipinski definition) is 3. The summed E-state index contributed by atoms with van der Waals surface area (Å²) < 4.78 is 0. The summed E-state index contributed by atoms with van der Waals surface area (Å²) in [6, 6.07) is -0.0625. The molecule has 1 saturated heterocycles. The molecule has 2 unspecified atom stereocenters. The van der Waals surface area contributed by atoms with Crippen LogP contribution in [0.25, 0.3) is 0 Å². The Morgan fingerprint density at radius 2 is 2.06 bits per heavy atom. The Morgan fingerprint density at radius 3 is 2.53 bits per heavy atom. The van der Waals surface area contributed by atoms with E-state index in [2.05, 4.69) is 10.2 Å². The number of β-amino-alcohol motifs (C(OH)–C–C–N with tert-alkyl or cyclic N) is 1. The van der Waals surface area contributed by atoms with Crippen molar-refractivity contribution in [3.63, 3.8) is 0 Å². The topological polar surface area (TPSA) is 52.6 Å². The van der Waals surface area contributed by atoms with Crippen LogP contribution in [0.5, 0.6) is 0 Å². The third-order valence-corrected chi connectivity index (χ3v) is 2.73. The van der Waals surface area contributed by atoms with E-state index in [1.54, 1.807) is 0 Å². The quantitative estimate of drug-likeness (QED) is 0.785. The normalized spacial score (nSPS) is 25.1. The lowest BCUT2D eigenvalue weighted by molar-refractivity contribution is -0.124. The van der Waals surface area contributed by atoms with Crippen molar-refractivity contribution in [2.45, 2.75) is 52.7 Å². The molecule has 102 valence electrons. The van der Waals surface area contributed by atoms with Crippen molar-refractivity contribution >= 4 is 5.91 Å². The lowest BCUT2D eigenvalue weighted by Gasteiger charge is -2.34. The molecule has 1 fully saturated rings. The minimum atomic E-state index is -0.431. The maximum absolute atomic E-state index is 11.5. The van der Waals surface area contributed by atoms with E-state index in [0.29, 0.717) is 18.9 Å². The number of aliphatic hydroxyl groups is 1. The van der Waals surface area contributed by atoms with Crippen LogP contribution in [0.3, 0.4) is 0 Å². The van der Waals surface area contributed by atoms with Crippen LogP contribution in [0.1, 0.15) is 40.5 Å². The summed E-state index contributed by atoms with van der Waals surface area (Å²) in [6.07, 6.45) is 0.945. The molecule has 4 nitrogen and oxygen atoms in total. The standard InChI is InChI=1S/C11H22N2O2.C2H6/c1-8(2)6-11(15)12-9-4-5-13(3)7-10(9)14;1-2/h8-10,14H,4-7H2,1-3H3,(H,12,15);1-2H3. The summed E-state index contributed by atoms with van der Waals surface area (Å²) in [4.78, 5) is 13.6. The van der Waals surface area contributed by atoms with E-state index < -0.39 is 6.10 Å². The van der Waals surface area contributed by atoms with Crippen LogP contribution in [0.2, 0.25) is 0 Å². The lowest BCUT2D eigenvalue weighted by Crippen LogP contribution is -2.53. The van der Waals surface area contributed by atoms with Gasteiger partial charge in [0.1, 0.15) is 0 Å². The molecule has 0 aromatic rings. The molecule has 0 saturated carbocycles. The smallest absolute Gasteiger partial charge is 0.220 e. The van der Waals surface area contributed by atoms with Crippen molar-refractivity contribution in [2.24, 2.45) is 5.92 Å². The van der Waals surface area contributed by atoms with E-state index in [4.69, 9.17) is 0 Å². The lowest BCUT2D eigenvalue weighted by atomic mass is 10.0. The molecule has 0 aromatic carbocycles. The molecule has 0 aromatic heterocycles. The van der Waals surface area contributed by atoms with Gasteiger partial charge < -0.3 is 15.3 Å². The SMILES string of the molecule is CC.CC(C)CC(=O)NC1CCN(C)CC1O. The molecule has 1 rings (SSSR count). The minimum absolute atomic E-state index is 0.0543. The number of hydrogen-bond donors (Lipinski definition) is 2. The van der Waals surface area contributed by atoms with Crippen LogP contribution in [0.15, 0.2) is 0 Å². The van der Waals surface area contributed by atoms with Gasteiger partial charge in [0.25, 0.3) is 0 Å². The zero-order valence-corrected chi connectivity index (χ0v) is 11.9. The van der Waals surface area contributed by atoms with Crippen molar-refractivity contribution < 1.29 is 9.90 Å². The Bertz CT molecular complexity index is 219. The summed E-state index contributed by atoms with van der Waals surface area (Å²) in [5.41, 5.74) is 0. The molecule has 1 heterocycles. The summed E-state index contributed by atoms with van der Waals surface area (Å²) in [5.74, 6) is 0.423. The molecule has 0 aliphatic carbocycles. The predicted octanol–water partition coefficient (Wildman–Crippen LogP) is 1.24. The highest BCUT2D eigenvalue weighted by Crippen LogP contribution is 2.10. The zero-order valence-electron chi connectivity index (χ0n) is 11.9. The molecule has 0 radical (unpaired) electrons. The number of piperidine rings is 1. The molecule has 17 heavy (non-hydrogen) atoms. The number of aliphatic hydroxyl groups excluding tert-OH is 1. The van der Waals surface area contributed by atoms with Crippen LogP contribution in [-0.2, 0) is 4.79 Å². The van der Waals surface area contributed by atoms with E-state index >= 15 is 0 Å². The molecule has 0 spiro atoms. The van der Waals surface area contributed by atoms with E-state index in [1.807, 2.05) is 34.7 Å². The van der Waals surface area contributed by atoms with Gasteiger partial charge in [0, 0.05) is 13.0 Å². The monoisotopic (exact) mass is 244 g/mol. The van der Waals surface area contributed by atoms with Gasteiger partial charge in [-0.05, 0) is 25.9 Å². The maximum atomic E-state index is 11.5. The van der Waals surface area contributed by atoms with Gasteiger partial charge >= 0.3 is 0 Å². The highest BCUT2D eigenvalue weighted by Gasteiger charge is 2.26. The average molecular weight is 244 g/mol. The van der Waals surface area contributed by atoms with Gasteiger partial charge in [-0.3, -0.25) is 4.79 Å². The first-order valence-electron chi connectivity index (χ1n) is 6.65. The predicted molar refractivity (Wildman–Crippen MR) is 70.9 cm³/mol. The number of rotatable bonds is 3. The van der Waals surface area contributed by atoms with Crippen molar-refractivity contribution in [3.8, 4) is 0 Å². The van der Waals surface area contributed by atoms with Crippen LogP contribution in [0, 0.1) is 5.92 Å². The van der Waals surface area contributed by atoms with Gasteiger partial charge in [0.05, 0.1) is 12.1 Å². The Hall–Kier alpha value is -0.610. The second-order valence-electron chi connectivity index (χ2n) is 4.89. The van der Waals surface area contributed by atoms with Gasteiger partial charge in [0.2, 0.25) is 5.91 Å². The van der Waals surface area contributed by atoms with Crippen LogP contribution in [0.4, 0.5) is 0 Å². The van der Waals surface area contributed by atoms with Crippen molar-refractivity contribution in [3.05, 3.63) is 0 Å². The van der Waals surface area contributed by atoms with E-state index in [-0.39, 0.29) is 11.9 Å². The van der Waals surface area contributed by atoms with Gasteiger partial charge in [-0.1, -0.05) is 27.7 Å². The molecule has 1 aliphatic rings. The molecule has 2 atom stereocenters. The summed E-state index contributed by atoms with van der Waals surface area (Å²) in [6.45, 7) is 9.62. The average Bonchev–Trinajstić information content (AvgIpc) is 2.24. The second kappa shape index (κ2) is 8.48. The second-order valence-corrected chi connectivity index (χ2v) is 4.89. The van der Waals surface area contributed by atoms with E-state index in [9.17, 15) is 9.90 Å². The summed E-state index contributed by atoms with van der Waals surface area (Å²) in [5, 5.41) is 12.7. The van der Waals surface area contributed by atoms with Crippen LogP contribution < -0.4 is 5.32 Å². The molecule has 4 heteroatoms. The number of carbonyl (C=O) groups is 1. The Kier molecular flexibility index (Phi) is 8.17. The number of likely N-dealkylation sites (tertiary alicyclic amines) is 1. The van der Waals surface area contributed by atoms with Gasteiger partial charge in [0.15, 0.2) is 0 Å². The first kappa shape index (κ1) is 16.4. The number of likely N-dealkylation sites (N-methyl/N-ethyl adjacent to an activating group) is 1. The third kappa shape index (κ3) is 6.64. The van der Waals surface area contributed by atoms with Gasteiger partial charge in [-0.25, -0.2) is 0 Å². The minimum Gasteiger partial charge on any atom is -0.390 e. The fraction of sp³-hybridized carbons (Fsp3) is 0.923. The molecule has 1 aliphatic heterocycles. The number of amides is 1. The van der Waals surface area contributed by atoms with E-state index in [0.717, 1.165) is 13.0 Å². The first-order valence-corrected chi connectivity index (χ1v) is 6.65. The number of nitrogens with zero attached hydrogens (tertiary/aromatic N) is 1. The summed E-state index contributed by atoms with van der Waals surface area (Å²) >= 11 is 0. The maximum Gasteiger partial charge on any atom is 0.220 e. The molecule has 2 N–H and O–H groups in total. The first-order chi connectivity index (χ1) is 7.99. The van der Waals surface area contributed by atoms with Gasteiger partial charge in [-0.2, -0.15) is 0 Å². The fourth-order valence-corrected chi connectivity index (χ4v) is 1.89. The fourth-order valence-electron chi connectivity index (χ4n) is 1.89. The van der Waals surface area contributed by atoms with Crippen molar-refractivity contribution in [2.75, 3.05) is 20.1 Å². The molecular weight excluding hydrogens is 216 g/mol.